The zero-order valence-corrected chi connectivity index (χ0v) is 19.4. The van der Waals surface area contributed by atoms with Crippen molar-refractivity contribution in [2.75, 3.05) is 18.1 Å². The first-order valence-electron chi connectivity index (χ1n) is 9.09. The molecule has 1 saturated heterocycles. The van der Waals surface area contributed by atoms with Crippen LogP contribution in [-0.2, 0) is 16.4 Å². The van der Waals surface area contributed by atoms with Crippen LogP contribution >= 0.6 is 35.3 Å². The van der Waals surface area contributed by atoms with Crippen molar-refractivity contribution in [2.45, 2.75) is 58.5 Å². The highest BCUT2D eigenvalue weighted by molar-refractivity contribution is 14.0. The van der Waals surface area contributed by atoms with Crippen molar-refractivity contribution >= 4 is 51.1 Å². The summed E-state index contributed by atoms with van der Waals surface area (Å²) in [7, 11) is -2.83. The van der Waals surface area contributed by atoms with Gasteiger partial charge in [-0.15, -0.1) is 35.3 Å². The molecule has 1 aliphatic carbocycles. The summed E-state index contributed by atoms with van der Waals surface area (Å²) >= 11 is 1.69. The second-order valence-electron chi connectivity index (χ2n) is 7.19. The van der Waals surface area contributed by atoms with Gasteiger partial charge in [0.05, 0.1) is 23.7 Å². The van der Waals surface area contributed by atoms with Crippen LogP contribution in [0, 0.1) is 19.8 Å². The smallest absolute Gasteiger partial charge is 0.191 e. The molecule has 1 aliphatic heterocycles. The molecule has 1 atom stereocenters. The molecule has 1 aromatic rings. The van der Waals surface area contributed by atoms with Gasteiger partial charge in [-0.05, 0) is 39.0 Å². The highest BCUT2D eigenvalue weighted by Gasteiger charge is 2.28. The van der Waals surface area contributed by atoms with Crippen LogP contribution in [0.15, 0.2) is 4.99 Å². The summed E-state index contributed by atoms with van der Waals surface area (Å²) in [6.45, 7) is 5.32. The zero-order chi connectivity index (χ0) is 17.9. The third-order valence-electron chi connectivity index (χ3n) is 5.03. The topological polar surface area (TPSA) is 83.5 Å². The van der Waals surface area contributed by atoms with Crippen molar-refractivity contribution in [1.29, 1.82) is 0 Å². The average Bonchev–Trinajstić information content (AvgIpc) is 3.25. The van der Waals surface area contributed by atoms with E-state index in [1.54, 1.807) is 11.3 Å². The first-order chi connectivity index (χ1) is 11.9. The van der Waals surface area contributed by atoms with Crippen molar-refractivity contribution in [1.82, 2.24) is 15.6 Å². The molecule has 148 valence electrons. The Morgan fingerprint density at radius 1 is 1.27 bits per heavy atom. The molecular formula is C17H29IN4O2S2. The lowest BCUT2D eigenvalue weighted by Crippen LogP contribution is -2.44. The predicted octanol–water partition coefficient (Wildman–Crippen LogP) is 2.79. The molecule has 6 nitrogen and oxygen atoms in total. The molecule has 26 heavy (non-hydrogen) atoms. The third kappa shape index (κ3) is 6.33. The number of thiazole rings is 1. The van der Waals surface area contributed by atoms with E-state index in [2.05, 4.69) is 22.5 Å². The third-order valence-corrected chi connectivity index (χ3v) is 7.92. The first kappa shape index (κ1) is 21.9. The molecule has 1 unspecified atom stereocenters. The van der Waals surface area contributed by atoms with Crippen molar-refractivity contribution in [3.63, 3.8) is 0 Å². The number of nitrogens with one attached hydrogen (secondary N) is 2. The number of aliphatic imine (C=N–C) groups is 1. The van der Waals surface area contributed by atoms with Gasteiger partial charge in [0.1, 0.15) is 5.01 Å². The van der Waals surface area contributed by atoms with Gasteiger partial charge in [0.2, 0.25) is 0 Å². The Labute approximate surface area is 177 Å². The minimum atomic E-state index is -2.83. The van der Waals surface area contributed by atoms with Crippen LogP contribution in [0.25, 0.3) is 0 Å². The molecule has 0 amide bonds. The standard InChI is InChI=1S/C17H28N4O2S2.HI/c1-12-13(2)24-16(20-12)10-19-17(21-15-5-3-4-6-15)18-9-14-7-8-25(22,23)11-14;/h14-15H,3-11H2,1-2H3,(H2,18,19,21);1H. The fourth-order valence-corrected chi connectivity index (χ4v) is 6.16. The van der Waals surface area contributed by atoms with E-state index >= 15 is 0 Å². The number of hydrogen-bond donors (Lipinski definition) is 2. The van der Waals surface area contributed by atoms with E-state index in [4.69, 9.17) is 4.99 Å². The molecule has 0 spiro atoms. The van der Waals surface area contributed by atoms with Crippen molar-refractivity contribution in [3.05, 3.63) is 15.6 Å². The zero-order valence-electron chi connectivity index (χ0n) is 15.5. The van der Waals surface area contributed by atoms with Gasteiger partial charge < -0.3 is 10.6 Å². The monoisotopic (exact) mass is 512 g/mol. The average molecular weight is 512 g/mol. The number of nitrogens with zero attached hydrogens (tertiary/aromatic N) is 2. The fraction of sp³-hybridized carbons (Fsp3) is 0.765. The van der Waals surface area contributed by atoms with Crippen LogP contribution in [0.2, 0.25) is 0 Å². The number of hydrogen-bond acceptors (Lipinski definition) is 5. The maximum absolute atomic E-state index is 11.6. The molecular weight excluding hydrogens is 483 g/mol. The number of aromatic nitrogens is 1. The maximum Gasteiger partial charge on any atom is 0.191 e. The summed E-state index contributed by atoms with van der Waals surface area (Å²) in [5, 5.41) is 7.91. The molecule has 2 N–H and O–H groups in total. The normalized spacial score (nSPS) is 23.0. The fourth-order valence-electron chi connectivity index (χ4n) is 3.44. The number of guanidine groups is 1. The lowest BCUT2D eigenvalue weighted by Gasteiger charge is -2.19. The molecule has 0 radical (unpaired) electrons. The van der Waals surface area contributed by atoms with Crippen LogP contribution in [-0.4, -0.2) is 43.5 Å². The summed E-state index contributed by atoms with van der Waals surface area (Å²) in [5.74, 6) is 1.59. The van der Waals surface area contributed by atoms with E-state index in [-0.39, 0.29) is 29.9 Å². The molecule has 0 aromatic carbocycles. The first-order valence-corrected chi connectivity index (χ1v) is 11.7. The van der Waals surface area contributed by atoms with Crippen LogP contribution in [0.1, 0.15) is 47.7 Å². The van der Waals surface area contributed by atoms with Crippen LogP contribution in [0.4, 0.5) is 0 Å². The van der Waals surface area contributed by atoms with Crippen molar-refractivity contribution < 1.29 is 8.42 Å². The van der Waals surface area contributed by atoms with Gasteiger partial charge in [-0.1, -0.05) is 12.8 Å². The van der Waals surface area contributed by atoms with Crippen molar-refractivity contribution in [3.8, 4) is 0 Å². The van der Waals surface area contributed by atoms with E-state index < -0.39 is 9.84 Å². The van der Waals surface area contributed by atoms with Gasteiger partial charge >= 0.3 is 0 Å². The molecule has 3 rings (SSSR count). The van der Waals surface area contributed by atoms with Gasteiger partial charge in [0.25, 0.3) is 0 Å². The second kappa shape index (κ2) is 9.68. The van der Waals surface area contributed by atoms with E-state index in [0.29, 0.717) is 30.6 Å². The molecule has 1 saturated carbocycles. The van der Waals surface area contributed by atoms with Gasteiger partial charge in [-0.3, -0.25) is 0 Å². The number of sulfone groups is 1. The number of rotatable bonds is 5. The van der Waals surface area contributed by atoms with Gasteiger partial charge in [-0.25, -0.2) is 18.4 Å². The van der Waals surface area contributed by atoms with Crippen molar-refractivity contribution in [2.24, 2.45) is 10.9 Å². The number of aryl methyl sites for hydroxylation is 2. The molecule has 2 aliphatic rings. The Morgan fingerprint density at radius 3 is 2.58 bits per heavy atom. The Balaban J connectivity index is 0.00000243. The van der Waals surface area contributed by atoms with E-state index in [1.807, 2.05) is 6.92 Å². The molecule has 2 heterocycles. The summed E-state index contributed by atoms with van der Waals surface area (Å²) in [4.78, 5) is 10.5. The quantitative estimate of drug-likeness (QED) is 0.360. The van der Waals surface area contributed by atoms with E-state index in [9.17, 15) is 8.42 Å². The summed E-state index contributed by atoms with van der Waals surface area (Å²) in [6, 6.07) is 0.471. The highest BCUT2D eigenvalue weighted by Crippen LogP contribution is 2.20. The Kier molecular flexibility index (Phi) is 8.14. The van der Waals surface area contributed by atoms with E-state index in [1.165, 1.54) is 30.6 Å². The van der Waals surface area contributed by atoms with Gasteiger partial charge in [-0.2, -0.15) is 0 Å². The summed E-state index contributed by atoms with van der Waals surface area (Å²) in [6.07, 6.45) is 5.62. The minimum Gasteiger partial charge on any atom is -0.356 e. The predicted molar refractivity (Wildman–Crippen MR) is 118 cm³/mol. The van der Waals surface area contributed by atoms with Crippen LogP contribution < -0.4 is 10.6 Å². The SMILES string of the molecule is Cc1nc(CN=C(NCC2CCS(=O)(=O)C2)NC2CCCC2)sc1C.I. The lowest BCUT2D eigenvalue weighted by atomic mass is 10.1. The minimum absolute atomic E-state index is 0. The number of halogens is 1. The van der Waals surface area contributed by atoms with E-state index in [0.717, 1.165) is 23.1 Å². The highest BCUT2D eigenvalue weighted by atomic mass is 127. The Morgan fingerprint density at radius 2 is 2.00 bits per heavy atom. The Bertz CT molecular complexity index is 708. The second-order valence-corrected chi connectivity index (χ2v) is 10.7. The largest absolute Gasteiger partial charge is 0.356 e. The molecule has 9 heteroatoms. The molecule has 2 fully saturated rings. The summed E-state index contributed by atoms with van der Waals surface area (Å²) in [5.41, 5.74) is 1.07. The van der Waals surface area contributed by atoms with Gasteiger partial charge in [0, 0.05) is 17.5 Å². The maximum atomic E-state index is 11.6. The lowest BCUT2D eigenvalue weighted by molar-refractivity contribution is 0.553. The summed E-state index contributed by atoms with van der Waals surface area (Å²) < 4.78 is 23.3. The molecule has 0 bridgehead atoms. The Hall–Kier alpha value is -0.420. The molecule has 1 aromatic heterocycles. The van der Waals surface area contributed by atoms with Crippen LogP contribution in [0.5, 0.6) is 0 Å². The van der Waals surface area contributed by atoms with Crippen LogP contribution in [0.3, 0.4) is 0 Å². The van der Waals surface area contributed by atoms with Gasteiger partial charge in [0.15, 0.2) is 15.8 Å².